The van der Waals surface area contributed by atoms with Crippen LogP contribution in [0.3, 0.4) is 0 Å². The maximum atomic E-state index is 5.76. The van der Waals surface area contributed by atoms with Crippen LogP contribution < -0.4 is 5.73 Å². The Bertz CT molecular complexity index is 688. The number of rotatable bonds is 1. The van der Waals surface area contributed by atoms with Crippen molar-refractivity contribution in [2.24, 2.45) is 0 Å². The average Bonchev–Trinajstić information content (AvgIpc) is 2.68. The number of aromatic nitrogens is 2. The fourth-order valence-corrected chi connectivity index (χ4v) is 2.61. The summed E-state index contributed by atoms with van der Waals surface area (Å²) in [7, 11) is 0. The zero-order valence-corrected chi connectivity index (χ0v) is 10.2. The number of hydrogen-bond donors (Lipinski definition) is 1. The van der Waals surface area contributed by atoms with Gasteiger partial charge in [0.2, 0.25) is 0 Å². The van der Waals surface area contributed by atoms with Gasteiger partial charge in [-0.25, -0.2) is 4.98 Å². The minimum atomic E-state index is 0.726. The summed E-state index contributed by atoms with van der Waals surface area (Å²) in [5, 5.41) is 1.08. The van der Waals surface area contributed by atoms with E-state index in [0.717, 1.165) is 27.5 Å². The van der Waals surface area contributed by atoms with Gasteiger partial charge >= 0.3 is 0 Å². The van der Waals surface area contributed by atoms with Gasteiger partial charge < -0.3 is 5.73 Å². The van der Waals surface area contributed by atoms with Crippen molar-refractivity contribution in [1.82, 2.24) is 9.97 Å². The molecular weight excluding hydrogens is 230 g/mol. The maximum absolute atomic E-state index is 5.76. The van der Waals surface area contributed by atoms with Crippen LogP contribution in [-0.4, -0.2) is 9.97 Å². The molecule has 2 aromatic heterocycles. The number of benzene rings is 1. The first-order valence-electron chi connectivity index (χ1n) is 5.31. The Labute approximate surface area is 103 Å². The molecule has 0 aliphatic carbocycles. The summed E-state index contributed by atoms with van der Waals surface area (Å²) >= 11 is 1.70. The van der Waals surface area contributed by atoms with Gasteiger partial charge in [-0.3, -0.25) is 4.98 Å². The lowest BCUT2D eigenvalue weighted by molar-refractivity contribution is 1.32. The minimum absolute atomic E-state index is 0.726. The molecule has 84 valence electrons. The van der Waals surface area contributed by atoms with E-state index < -0.39 is 0 Å². The van der Waals surface area contributed by atoms with E-state index in [9.17, 15) is 0 Å². The summed E-state index contributed by atoms with van der Waals surface area (Å²) in [6.45, 7) is 2.02. The van der Waals surface area contributed by atoms with Crippen LogP contribution in [0.15, 0.2) is 36.5 Å². The lowest BCUT2D eigenvalue weighted by Crippen LogP contribution is -1.88. The summed E-state index contributed by atoms with van der Waals surface area (Å²) in [6.07, 6.45) is 1.72. The van der Waals surface area contributed by atoms with Gasteiger partial charge in [0, 0.05) is 17.4 Å². The summed E-state index contributed by atoms with van der Waals surface area (Å²) in [5.74, 6) is 0. The largest absolute Gasteiger partial charge is 0.399 e. The van der Waals surface area contributed by atoms with Crippen molar-refractivity contribution in [3.05, 3.63) is 41.5 Å². The van der Waals surface area contributed by atoms with E-state index in [-0.39, 0.29) is 0 Å². The summed E-state index contributed by atoms with van der Waals surface area (Å²) in [4.78, 5) is 8.80. The smallest absolute Gasteiger partial charge is 0.0907 e. The first-order chi connectivity index (χ1) is 8.22. The molecule has 0 radical (unpaired) electrons. The number of aryl methyl sites for hydroxylation is 1. The van der Waals surface area contributed by atoms with Gasteiger partial charge in [0.1, 0.15) is 0 Å². The highest BCUT2D eigenvalue weighted by Crippen LogP contribution is 2.27. The standard InChI is InChI=1S/C13H11N3S/c1-8-16-12-6-9(2-3-13(12)17-8)11-7-10(14)4-5-15-11/h2-7H,1H3,(H2,14,15). The molecule has 17 heavy (non-hydrogen) atoms. The quantitative estimate of drug-likeness (QED) is 0.711. The van der Waals surface area contributed by atoms with Crippen molar-refractivity contribution >= 4 is 27.2 Å². The lowest BCUT2D eigenvalue weighted by Gasteiger charge is -2.01. The Hall–Kier alpha value is -1.94. The molecule has 0 atom stereocenters. The Balaban J connectivity index is 2.17. The van der Waals surface area contributed by atoms with E-state index in [1.165, 1.54) is 4.70 Å². The fourth-order valence-electron chi connectivity index (χ4n) is 1.81. The molecule has 3 nitrogen and oxygen atoms in total. The van der Waals surface area contributed by atoms with Crippen molar-refractivity contribution in [3.8, 4) is 11.3 Å². The molecule has 0 amide bonds. The van der Waals surface area contributed by atoms with Crippen LogP contribution in [-0.2, 0) is 0 Å². The molecule has 2 heterocycles. The van der Waals surface area contributed by atoms with E-state index in [2.05, 4.69) is 28.2 Å². The molecule has 3 rings (SSSR count). The molecule has 4 heteroatoms. The second-order valence-corrected chi connectivity index (χ2v) is 5.12. The molecule has 0 saturated heterocycles. The first kappa shape index (κ1) is 10.2. The van der Waals surface area contributed by atoms with Crippen LogP contribution in [0, 0.1) is 6.92 Å². The van der Waals surface area contributed by atoms with Crippen molar-refractivity contribution in [2.45, 2.75) is 6.92 Å². The van der Waals surface area contributed by atoms with Gasteiger partial charge in [-0.05, 0) is 31.2 Å². The van der Waals surface area contributed by atoms with Gasteiger partial charge in [-0.1, -0.05) is 6.07 Å². The van der Waals surface area contributed by atoms with Crippen LogP contribution in [0.1, 0.15) is 5.01 Å². The SMILES string of the molecule is Cc1nc2cc(-c3cc(N)ccn3)ccc2s1. The predicted octanol–water partition coefficient (Wildman–Crippen LogP) is 3.25. The number of pyridine rings is 1. The Morgan fingerprint density at radius 3 is 2.88 bits per heavy atom. The average molecular weight is 241 g/mol. The van der Waals surface area contributed by atoms with Crippen LogP contribution >= 0.6 is 11.3 Å². The van der Waals surface area contributed by atoms with Gasteiger partial charge in [0.05, 0.1) is 20.9 Å². The summed E-state index contributed by atoms with van der Waals surface area (Å²) < 4.78 is 1.20. The number of hydrogen-bond acceptors (Lipinski definition) is 4. The molecule has 1 aromatic carbocycles. The number of nitrogen functional groups attached to an aromatic ring is 1. The monoisotopic (exact) mass is 241 g/mol. The number of nitrogens with two attached hydrogens (primary N) is 1. The van der Waals surface area contributed by atoms with Crippen molar-refractivity contribution in [3.63, 3.8) is 0 Å². The molecule has 0 fully saturated rings. The van der Waals surface area contributed by atoms with Crippen LogP contribution in [0.2, 0.25) is 0 Å². The summed E-state index contributed by atoms with van der Waals surface area (Å²) in [6, 6.07) is 9.86. The summed E-state index contributed by atoms with van der Waals surface area (Å²) in [5.41, 5.74) is 9.45. The van der Waals surface area contributed by atoms with Gasteiger partial charge in [0.15, 0.2) is 0 Å². The number of nitrogens with zero attached hydrogens (tertiary/aromatic N) is 2. The zero-order valence-electron chi connectivity index (χ0n) is 9.34. The van der Waals surface area contributed by atoms with Crippen molar-refractivity contribution in [1.29, 1.82) is 0 Å². The Morgan fingerprint density at radius 2 is 2.06 bits per heavy atom. The number of anilines is 1. The normalized spacial score (nSPS) is 10.9. The third-order valence-electron chi connectivity index (χ3n) is 2.57. The zero-order chi connectivity index (χ0) is 11.8. The molecule has 0 unspecified atom stereocenters. The predicted molar refractivity (Wildman–Crippen MR) is 72.0 cm³/mol. The number of thiazole rings is 1. The third-order valence-corrected chi connectivity index (χ3v) is 3.53. The Kier molecular flexibility index (Phi) is 2.30. The van der Waals surface area contributed by atoms with E-state index in [1.54, 1.807) is 23.6 Å². The van der Waals surface area contributed by atoms with Crippen molar-refractivity contribution in [2.75, 3.05) is 5.73 Å². The molecular formula is C13H11N3S. The third kappa shape index (κ3) is 1.87. The molecule has 0 spiro atoms. The molecule has 3 aromatic rings. The van der Waals surface area contributed by atoms with E-state index in [4.69, 9.17) is 5.73 Å². The first-order valence-corrected chi connectivity index (χ1v) is 6.13. The topological polar surface area (TPSA) is 51.8 Å². The lowest BCUT2D eigenvalue weighted by atomic mass is 10.1. The van der Waals surface area contributed by atoms with Gasteiger partial charge in [-0.15, -0.1) is 11.3 Å². The highest BCUT2D eigenvalue weighted by Gasteiger charge is 2.04. The Morgan fingerprint density at radius 1 is 1.18 bits per heavy atom. The second-order valence-electron chi connectivity index (χ2n) is 3.89. The molecule has 0 aliphatic heterocycles. The maximum Gasteiger partial charge on any atom is 0.0907 e. The second kappa shape index (κ2) is 3.82. The van der Waals surface area contributed by atoms with E-state index in [1.807, 2.05) is 13.0 Å². The minimum Gasteiger partial charge on any atom is -0.399 e. The molecule has 2 N–H and O–H groups in total. The van der Waals surface area contributed by atoms with E-state index >= 15 is 0 Å². The number of fused-ring (bicyclic) bond motifs is 1. The van der Waals surface area contributed by atoms with Gasteiger partial charge in [-0.2, -0.15) is 0 Å². The van der Waals surface area contributed by atoms with Gasteiger partial charge in [0.25, 0.3) is 0 Å². The van der Waals surface area contributed by atoms with E-state index in [0.29, 0.717) is 0 Å². The molecule has 0 saturated carbocycles. The van der Waals surface area contributed by atoms with Crippen molar-refractivity contribution < 1.29 is 0 Å². The molecule has 0 aliphatic rings. The van der Waals surface area contributed by atoms with Crippen LogP contribution in [0.25, 0.3) is 21.5 Å². The highest BCUT2D eigenvalue weighted by molar-refractivity contribution is 7.18. The van der Waals surface area contributed by atoms with Crippen LogP contribution in [0.4, 0.5) is 5.69 Å². The highest BCUT2D eigenvalue weighted by atomic mass is 32.1. The fraction of sp³-hybridized carbons (Fsp3) is 0.0769. The van der Waals surface area contributed by atoms with Crippen LogP contribution in [0.5, 0.6) is 0 Å². The molecule has 0 bridgehead atoms.